The molecule has 0 heterocycles. The Morgan fingerprint density at radius 1 is 1.26 bits per heavy atom. The minimum atomic E-state index is -0.645. The Kier molecular flexibility index (Phi) is 3.01. The predicted molar refractivity (Wildman–Crippen MR) is 71.4 cm³/mol. The number of fused-ring (bicyclic) bond motifs is 1. The zero-order valence-corrected chi connectivity index (χ0v) is 11.7. The number of nitro groups is 1. The molecule has 0 atom stereocenters. The fraction of sp³-hybridized carbons (Fsp3) is 0.167. The third kappa shape index (κ3) is 1.77. The van der Waals surface area contributed by atoms with Crippen molar-refractivity contribution in [2.24, 2.45) is 5.73 Å². The Labute approximate surface area is 116 Å². The van der Waals surface area contributed by atoms with Gasteiger partial charge in [0.1, 0.15) is 5.56 Å². The summed E-state index contributed by atoms with van der Waals surface area (Å²) in [4.78, 5) is 34.7. The van der Waals surface area contributed by atoms with Gasteiger partial charge in [0.15, 0.2) is 0 Å². The Morgan fingerprint density at radius 2 is 1.84 bits per heavy atom. The van der Waals surface area contributed by atoms with Crippen LogP contribution in [0.1, 0.15) is 31.8 Å². The highest BCUT2D eigenvalue weighted by Gasteiger charge is 2.37. The number of aryl methyl sites for hydroxylation is 1. The van der Waals surface area contributed by atoms with E-state index in [1.807, 2.05) is 0 Å². The number of nitrogens with zero attached hydrogens (tertiary/aromatic N) is 1. The number of hydrogen-bond acceptors (Lipinski definition) is 5. The fourth-order valence-electron chi connectivity index (χ4n) is 2.01. The molecule has 0 radical (unpaired) electrons. The molecule has 0 fully saturated rings. The molecular weight excluding hydrogens is 316 g/mol. The van der Waals surface area contributed by atoms with E-state index in [2.05, 4.69) is 15.9 Å². The van der Waals surface area contributed by atoms with E-state index in [1.165, 1.54) is 6.07 Å². The average molecular weight is 325 g/mol. The zero-order valence-electron chi connectivity index (χ0n) is 10.1. The highest BCUT2D eigenvalue weighted by atomic mass is 79.9. The topological polar surface area (TPSA) is 103 Å². The Bertz CT molecular complexity index is 691. The van der Waals surface area contributed by atoms with Crippen molar-refractivity contribution in [2.75, 3.05) is 0 Å². The van der Waals surface area contributed by atoms with Gasteiger partial charge >= 0.3 is 0 Å². The lowest BCUT2D eigenvalue weighted by atomic mass is 9.87. The van der Waals surface area contributed by atoms with Gasteiger partial charge in [0, 0.05) is 11.1 Å². The first-order chi connectivity index (χ1) is 8.77. The van der Waals surface area contributed by atoms with Crippen LogP contribution in [-0.2, 0) is 0 Å². The van der Waals surface area contributed by atoms with Crippen LogP contribution in [0, 0.1) is 24.0 Å². The molecule has 7 heteroatoms. The van der Waals surface area contributed by atoms with Crippen molar-refractivity contribution in [1.29, 1.82) is 0 Å². The summed E-state index contributed by atoms with van der Waals surface area (Å²) in [7, 11) is 0. The lowest BCUT2D eigenvalue weighted by Gasteiger charge is -2.17. The largest absolute Gasteiger partial charge is 0.395 e. The summed E-state index contributed by atoms with van der Waals surface area (Å²) < 4.78 is -0.128. The summed E-state index contributed by atoms with van der Waals surface area (Å²) in [6.07, 6.45) is 0. The molecule has 0 aromatic heterocycles. The van der Waals surface area contributed by atoms with Gasteiger partial charge < -0.3 is 5.73 Å². The number of nitrogens with two attached hydrogens (primary N) is 1. The molecule has 0 unspecified atom stereocenters. The van der Waals surface area contributed by atoms with Gasteiger partial charge in [-0.3, -0.25) is 19.7 Å². The van der Waals surface area contributed by atoms with Gasteiger partial charge in [-0.15, -0.1) is 0 Å². The summed E-state index contributed by atoms with van der Waals surface area (Å²) in [6.45, 7) is 3.19. The average Bonchev–Trinajstić information content (AvgIpc) is 2.35. The number of hydrogen-bond donors (Lipinski definition) is 1. The molecular formula is C12H9BrN2O4. The number of halogens is 1. The molecule has 1 aliphatic rings. The second-order valence-electron chi connectivity index (χ2n) is 4.23. The molecule has 1 aromatic carbocycles. The maximum atomic E-state index is 12.1. The van der Waals surface area contributed by atoms with E-state index in [4.69, 9.17) is 5.73 Å². The summed E-state index contributed by atoms with van der Waals surface area (Å²) in [5.74, 6) is -1.21. The van der Waals surface area contributed by atoms with Gasteiger partial charge in [-0.1, -0.05) is 0 Å². The molecule has 0 saturated heterocycles. The minimum absolute atomic E-state index is 0.0134. The van der Waals surface area contributed by atoms with Gasteiger partial charge in [0.2, 0.25) is 11.6 Å². The number of nitro benzene ring substituents is 1. The first kappa shape index (κ1) is 13.4. The van der Waals surface area contributed by atoms with Gasteiger partial charge in [-0.2, -0.15) is 0 Å². The highest BCUT2D eigenvalue weighted by molar-refractivity contribution is 9.12. The smallest absolute Gasteiger partial charge is 0.284 e. The Hall–Kier alpha value is -2.02. The number of allylic oxidation sites excluding steroid dienone is 2. The van der Waals surface area contributed by atoms with E-state index in [0.717, 1.165) is 0 Å². The van der Waals surface area contributed by atoms with Crippen LogP contribution >= 0.6 is 15.9 Å². The number of Topliss-reactive ketones (excluding diaryl/α,β-unsaturated/α-hetero) is 2. The summed E-state index contributed by atoms with van der Waals surface area (Å²) >= 11 is 2.92. The number of ketones is 2. The Balaban J connectivity index is 2.94. The number of carbonyl (C=O) groups is 2. The fourth-order valence-corrected chi connectivity index (χ4v) is 2.39. The van der Waals surface area contributed by atoms with Crippen LogP contribution < -0.4 is 5.73 Å². The third-order valence-corrected chi connectivity index (χ3v) is 3.94. The first-order valence-corrected chi connectivity index (χ1v) is 6.10. The van der Waals surface area contributed by atoms with Crippen molar-refractivity contribution in [3.8, 4) is 0 Å². The summed E-state index contributed by atoms with van der Waals surface area (Å²) in [5, 5.41) is 11.2. The van der Waals surface area contributed by atoms with E-state index in [0.29, 0.717) is 11.1 Å². The molecule has 0 aliphatic heterocycles. The van der Waals surface area contributed by atoms with Crippen LogP contribution in [0.4, 0.5) is 5.69 Å². The Morgan fingerprint density at radius 3 is 2.37 bits per heavy atom. The van der Waals surface area contributed by atoms with Crippen molar-refractivity contribution in [2.45, 2.75) is 13.8 Å². The predicted octanol–water partition coefficient (Wildman–Crippen LogP) is 2.16. The summed E-state index contributed by atoms with van der Waals surface area (Å²) in [5.41, 5.74) is 5.70. The van der Waals surface area contributed by atoms with E-state index in [-0.39, 0.29) is 27.0 Å². The van der Waals surface area contributed by atoms with Crippen molar-refractivity contribution in [1.82, 2.24) is 0 Å². The van der Waals surface area contributed by atoms with Crippen molar-refractivity contribution in [3.63, 3.8) is 0 Å². The second kappa shape index (κ2) is 4.27. The van der Waals surface area contributed by atoms with E-state index in [1.54, 1.807) is 13.8 Å². The van der Waals surface area contributed by atoms with Crippen LogP contribution in [0.25, 0.3) is 0 Å². The van der Waals surface area contributed by atoms with Crippen LogP contribution in [0.3, 0.4) is 0 Å². The number of carbonyl (C=O) groups excluding carboxylic acids is 2. The summed E-state index contributed by atoms with van der Waals surface area (Å²) in [6, 6.07) is 1.46. The quantitative estimate of drug-likeness (QED) is 0.629. The van der Waals surface area contributed by atoms with Crippen molar-refractivity contribution < 1.29 is 14.5 Å². The standard InChI is InChI=1S/C12H9BrN2O4/c1-4-3-6-7(10(5(4)2)15(18)19)12(17)8(13)9(14)11(6)16/h3H,14H2,1-2H3. The third-order valence-electron chi connectivity index (χ3n) is 3.15. The van der Waals surface area contributed by atoms with Crippen LogP contribution in [0.5, 0.6) is 0 Å². The maximum Gasteiger partial charge on any atom is 0.284 e. The van der Waals surface area contributed by atoms with E-state index < -0.39 is 16.5 Å². The van der Waals surface area contributed by atoms with Crippen molar-refractivity contribution >= 4 is 33.2 Å². The van der Waals surface area contributed by atoms with Gasteiger partial charge in [-0.05, 0) is 41.4 Å². The van der Waals surface area contributed by atoms with E-state index >= 15 is 0 Å². The molecule has 0 amide bonds. The van der Waals surface area contributed by atoms with E-state index in [9.17, 15) is 19.7 Å². The molecule has 19 heavy (non-hydrogen) atoms. The molecule has 0 spiro atoms. The van der Waals surface area contributed by atoms with Gasteiger partial charge in [0.05, 0.1) is 15.1 Å². The van der Waals surface area contributed by atoms with Crippen LogP contribution in [0.2, 0.25) is 0 Å². The molecule has 98 valence electrons. The monoisotopic (exact) mass is 324 g/mol. The molecule has 1 aliphatic carbocycles. The number of benzene rings is 1. The normalized spacial score (nSPS) is 14.7. The van der Waals surface area contributed by atoms with Crippen LogP contribution in [-0.4, -0.2) is 16.5 Å². The molecule has 0 saturated carbocycles. The van der Waals surface area contributed by atoms with Gasteiger partial charge in [0.25, 0.3) is 5.69 Å². The van der Waals surface area contributed by atoms with Crippen molar-refractivity contribution in [3.05, 3.63) is 48.6 Å². The molecule has 1 aromatic rings. The maximum absolute atomic E-state index is 12.1. The van der Waals surface area contributed by atoms with Gasteiger partial charge in [-0.25, -0.2) is 0 Å². The SMILES string of the molecule is Cc1cc2c(c([N+](=O)[O-])c1C)C(=O)C(Br)=C(N)C2=O. The molecule has 2 rings (SSSR count). The molecule has 2 N–H and O–H groups in total. The minimum Gasteiger partial charge on any atom is -0.395 e. The highest BCUT2D eigenvalue weighted by Crippen LogP contribution is 2.36. The first-order valence-electron chi connectivity index (χ1n) is 5.30. The lowest BCUT2D eigenvalue weighted by molar-refractivity contribution is -0.385. The zero-order chi connectivity index (χ0) is 14.5. The molecule has 0 bridgehead atoms. The molecule has 6 nitrogen and oxygen atoms in total. The van der Waals surface area contributed by atoms with Crippen LogP contribution in [0.15, 0.2) is 16.2 Å². The second-order valence-corrected chi connectivity index (χ2v) is 5.03. The lowest BCUT2D eigenvalue weighted by Crippen LogP contribution is -2.26. The number of rotatable bonds is 1.